The molecule has 1 saturated heterocycles. The average Bonchev–Trinajstić information content (AvgIpc) is 2.54. The normalized spacial score (nSPS) is 14.6. The van der Waals surface area contributed by atoms with Crippen molar-refractivity contribution in [2.75, 3.05) is 50.5 Å². The van der Waals surface area contributed by atoms with Gasteiger partial charge in [-0.3, -0.25) is 0 Å². The number of aromatic nitrogens is 2. The van der Waals surface area contributed by atoms with Crippen LogP contribution in [0.15, 0.2) is 6.07 Å². The zero-order valence-electron chi connectivity index (χ0n) is 12.6. The highest BCUT2D eigenvalue weighted by atomic mass is 16.6. The summed E-state index contributed by atoms with van der Waals surface area (Å²) in [5, 5.41) is 0. The van der Waals surface area contributed by atoms with Crippen LogP contribution in [0.2, 0.25) is 0 Å². The molecule has 2 rings (SSSR count). The fourth-order valence-electron chi connectivity index (χ4n) is 2.11. The van der Waals surface area contributed by atoms with Gasteiger partial charge in [0.15, 0.2) is 5.69 Å². The smallest absolute Gasteiger partial charge is 0.409 e. The predicted molar refractivity (Wildman–Crippen MR) is 78.6 cm³/mol. The molecule has 0 atom stereocenters. The number of esters is 1. The van der Waals surface area contributed by atoms with Gasteiger partial charge >= 0.3 is 12.1 Å². The highest BCUT2D eigenvalue weighted by Gasteiger charge is 2.24. The molecular weight excluding hydrogens is 290 g/mol. The van der Waals surface area contributed by atoms with Crippen molar-refractivity contribution in [2.24, 2.45) is 0 Å². The van der Waals surface area contributed by atoms with Crippen molar-refractivity contribution < 1.29 is 19.1 Å². The Kier molecular flexibility index (Phi) is 4.97. The third-order valence-corrected chi connectivity index (χ3v) is 3.22. The van der Waals surface area contributed by atoms with E-state index in [1.54, 1.807) is 11.8 Å². The molecule has 120 valence electrons. The largest absolute Gasteiger partial charge is 0.464 e. The van der Waals surface area contributed by atoms with Crippen LogP contribution in [0.3, 0.4) is 0 Å². The Bertz CT molecular complexity index is 557. The number of rotatable bonds is 3. The number of ether oxygens (including phenoxy) is 2. The molecule has 0 radical (unpaired) electrons. The molecule has 2 heterocycles. The van der Waals surface area contributed by atoms with E-state index in [-0.39, 0.29) is 17.6 Å². The lowest BCUT2D eigenvalue weighted by atomic mass is 10.3. The topological polar surface area (TPSA) is 111 Å². The number of nitrogens with zero attached hydrogens (tertiary/aromatic N) is 4. The van der Waals surface area contributed by atoms with Crippen LogP contribution in [0, 0.1) is 0 Å². The first-order valence-corrected chi connectivity index (χ1v) is 6.94. The highest BCUT2D eigenvalue weighted by molar-refractivity contribution is 5.88. The van der Waals surface area contributed by atoms with Crippen molar-refractivity contribution in [2.45, 2.75) is 6.92 Å². The number of piperazine rings is 1. The minimum Gasteiger partial charge on any atom is -0.464 e. The molecule has 1 fully saturated rings. The van der Waals surface area contributed by atoms with Crippen molar-refractivity contribution >= 4 is 23.8 Å². The molecular formula is C13H19N5O4. The minimum atomic E-state index is -0.569. The van der Waals surface area contributed by atoms with Crippen molar-refractivity contribution in [1.82, 2.24) is 14.9 Å². The molecule has 1 aromatic rings. The maximum Gasteiger partial charge on any atom is 0.409 e. The number of carbonyl (C=O) groups excluding carboxylic acids is 2. The number of hydrogen-bond acceptors (Lipinski definition) is 8. The quantitative estimate of drug-likeness (QED) is 0.784. The molecule has 1 aromatic heterocycles. The number of nitrogens with two attached hydrogens (primary N) is 1. The van der Waals surface area contributed by atoms with Gasteiger partial charge in [0.25, 0.3) is 0 Å². The van der Waals surface area contributed by atoms with Crippen LogP contribution in [0.4, 0.5) is 16.6 Å². The minimum absolute atomic E-state index is 0.109. The van der Waals surface area contributed by atoms with Crippen LogP contribution in [-0.4, -0.2) is 66.8 Å². The first-order chi connectivity index (χ1) is 10.5. The zero-order valence-corrected chi connectivity index (χ0v) is 12.6. The number of carbonyl (C=O) groups is 2. The van der Waals surface area contributed by atoms with Gasteiger partial charge in [-0.1, -0.05) is 0 Å². The molecule has 0 unspecified atom stereocenters. The molecule has 0 spiro atoms. The summed E-state index contributed by atoms with van der Waals surface area (Å²) < 4.78 is 9.60. The van der Waals surface area contributed by atoms with Crippen LogP contribution < -0.4 is 10.6 Å². The molecule has 0 aliphatic carbocycles. The predicted octanol–water partition coefficient (Wildman–Crippen LogP) is 0.124. The van der Waals surface area contributed by atoms with Crippen LogP contribution in [-0.2, 0) is 9.47 Å². The van der Waals surface area contributed by atoms with Gasteiger partial charge in [0.1, 0.15) is 5.82 Å². The van der Waals surface area contributed by atoms with Crippen molar-refractivity contribution in [3.63, 3.8) is 0 Å². The van der Waals surface area contributed by atoms with E-state index >= 15 is 0 Å². The summed E-state index contributed by atoms with van der Waals surface area (Å²) in [5.74, 6) is -0.0253. The van der Waals surface area contributed by atoms with E-state index in [1.807, 2.05) is 4.90 Å². The Morgan fingerprint density at radius 1 is 1.27 bits per heavy atom. The lowest BCUT2D eigenvalue weighted by Gasteiger charge is -2.34. The van der Waals surface area contributed by atoms with Gasteiger partial charge in [-0.25, -0.2) is 14.6 Å². The van der Waals surface area contributed by atoms with Gasteiger partial charge in [-0.05, 0) is 6.92 Å². The van der Waals surface area contributed by atoms with Gasteiger partial charge in [-0.15, -0.1) is 0 Å². The van der Waals surface area contributed by atoms with E-state index in [0.29, 0.717) is 38.7 Å². The maximum atomic E-state index is 11.7. The van der Waals surface area contributed by atoms with Crippen molar-refractivity contribution in [3.05, 3.63) is 11.8 Å². The number of amides is 1. The Hall–Kier alpha value is -2.58. The molecule has 1 aliphatic heterocycles. The van der Waals surface area contributed by atoms with E-state index in [4.69, 9.17) is 10.5 Å². The second kappa shape index (κ2) is 6.92. The lowest BCUT2D eigenvalue weighted by molar-refractivity contribution is 0.0594. The molecule has 0 saturated carbocycles. The third kappa shape index (κ3) is 3.54. The summed E-state index contributed by atoms with van der Waals surface area (Å²) >= 11 is 0. The third-order valence-electron chi connectivity index (χ3n) is 3.22. The second-order valence-corrected chi connectivity index (χ2v) is 4.64. The van der Waals surface area contributed by atoms with E-state index in [2.05, 4.69) is 14.7 Å². The number of nitrogen functional groups attached to an aromatic ring is 1. The van der Waals surface area contributed by atoms with Crippen molar-refractivity contribution in [3.8, 4) is 0 Å². The van der Waals surface area contributed by atoms with E-state index < -0.39 is 5.97 Å². The van der Waals surface area contributed by atoms with Gasteiger partial charge in [0.05, 0.1) is 13.7 Å². The molecule has 1 aliphatic rings. The highest BCUT2D eigenvalue weighted by Crippen LogP contribution is 2.15. The average molecular weight is 309 g/mol. The maximum absolute atomic E-state index is 11.7. The molecule has 9 heteroatoms. The monoisotopic (exact) mass is 309 g/mol. The fraction of sp³-hybridized carbons (Fsp3) is 0.538. The number of hydrogen-bond donors (Lipinski definition) is 1. The SMILES string of the molecule is CCOC(=O)N1CCN(c2nc(N)cc(C(=O)OC)n2)CC1. The van der Waals surface area contributed by atoms with Crippen molar-refractivity contribution in [1.29, 1.82) is 0 Å². The lowest BCUT2D eigenvalue weighted by Crippen LogP contribution is -2.49. The number of anilines is 2. The van der Waals surface area contributed by atoms with Crippen LogP contribution in [0.1, 0.15) is 17.4 Å². The molecule has 0 aromatic carbocycles. The van der Waals surface area contributed by atoms with E-state index in [0.717, 1.165) is 0 Å². The summed E-state index contributed by atoms with van der Waals surface area (Å²) in [7, 11) is 1.28. The van der Waals surface area contributed by atoms with E-state index in [1.165, 1.54) is 13.2 Å². The summed E-state index contributed by atoms with van der Waals surface area (Å²) in [4.78, 5) is 35.0. The van der Waals surface area contributed by atoms with E-state index in [9.17, 15) is 9.59 Å². The Labute approximate surface area is 128 Å². The Morgan fingerprint density at radius 2 is 1.95 bits per heavy atom. The van der Waals surface area contributed by atoms with Crippen LogP contribution >= 0.6 is 0 Å². The summed E-state index contributed by atoms with van der Waals surface area (Å²) in [6.45, 7) is 4.16. The standard InChI is InChI=1S/C13H19N5O4/c1-3-22-13(20)18-6-4-17(5-7-18)12-15-9(11(19)21-2)8-10(14)16-12/h8H,3-7H2,1-2H3,(H2,14,15,16). The molecule has 0 bridgehead atoms. The zero-order chi connectivity index (χ0) is 16.1. The second-order valence-electron chi connectivity index (χ2n) is 4.64. The van der Waals surface area contributed by atoms with Crippen LogP contribution in [0.25, 0.3) is 0 Å². The number of methoxy groups -OCH3 is 1. The Balaban J connectivity index is 2.06. The Morgan fingerprint density at radius 3 is 2.55 bits per heavy atom. The first kappa shape index (κ1) is 15.8. The molecule has 22 heavy (non-hydrogen) atoms. The molecule has 1 amide bonds. The van der Waals surface area contributed by atoms with Gasteiger partial charge < -0.3 is 25.0 Å². The van der Waals surface area contributed by atoms with Crippen LogP contribution in [0.5, 0.6) is 0 Å². The van der Waals surface area contributed by atoms with Gasteiger partial charge in [0.2, 0.25) is 5.95 Å². The first-order valence-electron chi connectivity index (χ1n) is 6.94. The van der Waals surface area contributed by atoms with Gasteiger partial charge in [-0.2, -0.15) is 4.98 Å². The fourth-order valence-corrected chi connectivity index (χ4v) is 2.11. The molecule has 9 nitrogen and oxygen atoms in total. The summed E-state index contributed by atoms with van der Waals surface area (Å²) in [5.41, 5.74) is 5.81. The van der Waals surface area contributed by atoms with Gasteiger partial charge in [0, 0.05) is 32.2 Å². The molecule has 2 N–H and O–H groups in total. The summed E-state index contributed by atoms with van der Waals surface area (Å²) in [6.07, 6.45) is -0.328. The summed E-state index contributed by atoms with van der Waals surface area (Å²) in [6, 6.07) is 1.37.